The van der Waals surface area contributed by atoms with Gasteiger partial charge in [0.05, 0.1) is 16.1 Å². The number of carbonyl (C=O) groups is 1. The van der Waals surface area contributed by atoms with Gasteiger partial charge < -0.3 is 9.64 Å². The quantitative estimate of drug-likeness (QED) is 0.156. The van der Waals surface area contributed by atoms with Crippen LogP contribution >= 0.6 is 0 Å². The van der Waals surface area contributed by atoms with Gasteiger partial charge in [-0.3, -0.25) is 14.4 Å². The molecule has 0 unspecified atom stereocenters. The summed E-state index contributed by atoms with van der Waals surface area (Å²) in [5.41, 5.74) is 7.08. The van der Waals surface area contributed by atoms with Crippen LogP contribution < -0.4 is 19.3 Å². The van der Waals surface area contributed by atoms with Crippen molar-refractivity contribution in [3.05, 3.63) is 185 Å². The molecule has 0 saturated carbocycles. The number of hydrogen-bond donors (Lipinski definition) is 1. The van der Waals surface area contributed by atoms with Crippen molar-refractivity contribution in [3.63, 3.8) is 0 Å². The van der Waals surface area contributed by atoms with E-state index < -0.39 is 16.2 Å². The van der Waals surface area contributed by atoms with Gasteiger partial charge in [0.15, 0.2) is 0 Å². The van der Waals surface area contributed by atoms with Crippen LogP contribution in [0.15, 0.2) is 157 Å². The second-order valence-electron chi connectivity index (χ2n) is 12.5. The summed E-state index contributed by atoms with van der Waals surface area (Å²) in [5, 5.41) is 0. The first-order valence-electron chi connectivity index (χ1n) is 16.5. The smallest absolute Gasteiger partial charge is 0.262 e. The molecule has 1 atom stereocenters. The van der Waals surface area contributed by atoms with Crippen molar-refractivity contribution in [2.24, 2.45) is 0 Å². The zero-order chi connectivity index (χ0) is 34.7. The maximum Gasteiger partial charge on any atom is 0.262 e. The average molecular weight is 680 g/mol. The zero-order valence-electron chi connectivity index (χ0n) is 27.9. The van der Waals surface area contributed by atoms with Gasteiger partial charge in [-0.05, 0) is 85.1 Å². The lowest BCUT2D eigenvalue weighted by Crippen LogP contribution is -2.49. The van der Waals surface area contributed by atoms with E-state index in [2.05, 4.69) is 9.62 Å². The van der Waals surface area contributed by atoms with Gasteiger partial charge in [-0.15, -0.1) is 0 Å². The summed E-state index contributed by atoms with van der Waals surface area (Å²) in [4.78, 5) is 18.7. The number of ether oxygens (including phenoxy) is 1. The lowest BCUT2D eigenvalue weighted by atomic mass is 9.98. The first-order chi connectivity index (χ1) is 24.2. The molecule has 7 nitrogen and oxygen atoms in total. The minimum atomic E-state index is -4.00. The molecule has 8 heteroatoms. The van der Waals surface area contributed by atoms with Gasteiger partial charge in [0, 0.05) is 17.9 Å². The van der Waals surface area contributed by atoms with Gasteiger partial charge in [0.2, 0.25) is 0 Å². The zero-order valence-corrected chi connectivity index (χ0v) is 28.7. The third-order valence-corrected chi connectivity index (χ3v) is 10.2. The highest BCUT2D eigenvalue weighted by Gasteiger charge is 2.40. The topological polar surface area (TPSA) is 79.0 Å². The number of sulfonamides is 1. The van der Waals surface area contributed by atoms with E-state index in [1.54, 1.807) is 29.2 Å². The van der Waals surface area contributed by atoms with Crippen molar-refractivity contribution in [1.82, 2.24) is 0 Å². The molecule has 0 radical (unpaired) electrons. The fraction of sp³-hybridized carbons (Fsp3) is 0.119. The monoisotopic (exact) mass is 679 g/mol. The van der Waals surface area contributed by atoms with Gasteiger partial charge >= 0.3 is 0 Å². The van der Waals surface area contributed by atoms with E-state index in [-0.39, 0.29) is 10.8 Å². The summed E-state index contributed by atoms with van der Waals surface area (Å²) in [6.45, 7) is 4.80. The predicted molar refractivity (Wildman–Crippen MR) is 199 cm³/mol. The lowest BCUT2D eigenvalue weighted by Gasteiger charge is -2.46. The molecule has 0 aromatic heterocycles. The van der Waals surface area contributed by atoms with E-state index in [0.717, 1.165) is 27.8 Å². The standard InChI is InChI=1S/C42H37N3O4S/c1-30-16-20-35(21-17-30)43-50(47,48)38-24-25-40-39(27-38)42(46)45(36-22-18-31(2)19-23-36)41(44(40)28-32-10-5-3-6-11-32)34-14-9-15-37(26-34)49-29-33-12-7-4-8-13-33/h3-27,41,43H,28-29H2,1-2H3/t41-/m1/s1. The predicted octanol–water partition coefficient (Wildman–Crippen LogP) is 9.05. The number of nitrogens with one attached hydrogen (secondary N) is 1. The summed E-state index contributed by atoms with van der Waals surface area (Å²) in [6.07, 6.45) is -0.577. The Morgan fingerprint density at radius 3 is 2.00 bits per heavy atom. The number of rotatable bonds is 10. The van der Waals surface area contributed by atoms with E-state index in [9.17, 15) is 13.2 Å². The number of carbonyl (C=O) groups excluding carboxylic acids is 1. The molecule has 6 aromatic rings. The molecule has 6 aromatic carbocycles. The number of fused-ring (bicyclic) bond motifs is 1. The second-order valence-corrected chi connectivity index (χ2v) is 14.2. The van der Waals surface area contributed by atoms with Crippen molar-refractivity contribution >= 4 is 33.0 Å². The van der Waals surface area contributed by atoms with Crippen LogP contribution in [0.2, 0.25) is 0 Å². The molecule has 250 valence electrons. The second kappa shape index (κ2) is 13.9. The van der Waals surface area contributed by atoms with E-state index in [0.29, 0.717) is 41.5 Å². The molecule has 7 rings (SSSR count). The lowest BCUT2D eigenvalue weighted by molar-refractivity contribution is 0.0968. The Hall–Kier alpha value is -5.86. The Bertz CT molecular complexity index is 2220. The Balaban J connectivity index is 1.35. The largest absolute Gasteiger partial charge is 0.489 e. The molecule has 1 amide bonds. The van der Waals surface area contributed by atoms with Crippen LogP contribution in [0.25, 0.3) is 0 Å². The molecule has 0 aliphatic carbocycles. The number of aryl methyl sites for hydroxylation is 2. The highest BCUT2D eigenvalue weighted by atomic mass is 32.2. The summed E-state index contributed by atoms with van der Waals surface area (Å²) < 4.78 is 36.2. The average Bonchev–Trinajstić information content (AvgIpc) is 3.14. The molecule has 1 aliphatic heterocycles. The van der Waals surface area contributed by atoms with Crippen LogP contribution in [0.3, 0.4) is 0 Å². The van der Waals surface area contributed by atoms with Crippen molar-refractivity contribution in [1.29, 1.82) is 0 Å². The summed E-state index contributed by atoms with van der Waals surface area (Å²) >= 11 is 0. The Morgan fingerprint density at radius 1 is 0.680 bits per heavy atom. The third-order valence-electron chi connectivity index (χ3n) is 8.79. The van der Waals surface area contributed by atoms with Crippen LogP contribution in [-0.2, 0) is 23.2 Å². The Morgan fingerprint density at radius 2 is 1.32 bits per heavy atom. The molecule has 0 spiro atoms. The first kappa shape index (κ1) is 32.7. The molecule has 0 fully saturated rings. The molecule has 1 N–H and O–H groups in total. The molecule has 0 bridgehead atoms. The van der Waals surface area contributed by atoms with Crippen LogP contribution in [0.4, 0.5) is 17.1 Å². The fourth-order valence-electron chi connectivity index (χ4n) is 6.20. The van der Waals surface area contributed by atoms with Gasteiger partial charge in [0.25, 0.3) is 15.9 Å². The molecule has 1 heterocycles. The fourth-order valence-corrected chi connectivity index (χ4v) is 7.29. The highest BCUT2D eigenvalue weighted by molar-refractivity contribution is 7.92. The summed E-state index contributed by atoms with van der Waals surface area (Å²) in [6, 6.07) is 47.6. The van der Waals surface area contributed by atoms with Gasteiger partial charge in [-0.25, -0.2) is 8.42 Å². The molecular weight excluding hydrogens is 643 g/mol. The van der Waals surface area contributed by atoms with Crippen molar-refractivity contribution in [3.8, 4) is 5.75 Å². The maximum atomic E-state index is 14.8. The molecular formula is C42H37N3O4S. The maximum absolute atomic E-state index is 14.8. The number of hydrogen-bond acceptors (Lipinski definition) is 5. The first-order valence-corrected chi connectivity index (χ1v) is 17.9. The SMILES string of the molecule is Cc1ccc(NS(=O)(=O)c2ccc3c(c2)C(=O)N(c2ccc(C)cc2)[C@H](c2cccc(OCc4ccccc4)c2)N3Cc2ccccc2)cc1. The van der Waals surface area contributed by atoms with Crippen LogP contribution in [0.5, 0.6) is 5.75 Å². The van der Waals surface area contributed by atoms with Crippen molar-refractivity contribution in [2.75, 3.05) is 14.5 Å². The Kier molecular flexibility index (Phi) is 9.11. The van der Waals surface area contributed by atoms with Crippen molar-refractivity contribution in [2.45, 2.75) is 38.1 Å². The van der Waals surface area contributed by atoms with Crippen LogP contribution in [0, 0.1) is 13.8 Å². The van der Waals surface area contributed by atoms with Gasteiger partial charge in [-0.2, -0.15) is 0 Å². The molecule has 50 heavy (non-hydrogen) atoms. The van der Waals surface area contributed by atoms with Crippen LogP contribution in [-0.4, -0.2) is 14.3 Å². The van der Waals surface area contributed by atoms with E-state index in [1.807, 2.05) is 135 Å². The normalized spacial score (nSPS) is 14.3. The minimum absolute atomic E-state index is 0.00320. The van der Waals surface area contributed by atoms with E-state index in [4.69, 9.17) is 4.74 Å². The van der Waals surface area contributed by atoms with Gasteiger partial charge in [-0.1, -0.05) is 108 Å². The number of amides is 1. The van der Waals surface area contributed by atoms with Crippen LogP contribution in [0.1, 0.15) is 44.3 Å². The summed E-state index contributed by atoms with van der Waals surface area (Å²) in [7, 11) is -4.00. The van der Waals surface area contributed by atoms with Gasteiger partial charge in [0.1, 0.15) is 18.5 Å². The van der Waals surface area contributed by atoms with E-state index in [1.165, 1.54) is 6.07 Å². The minimum Gasteiger partial charge on any atom is -0.489 e. The van der Waals surface area contributed by atoms with E-state index >= 15 is 0 Å². The summed E-state index contributed by atoms with van der Waals surface area (Å²) in [5.74, 6) is 0.373. The number of benzene rings is 6. The van der Waals surface area contributed by atoms with Crippen molar-refractivity contribution < 1.29 is 17.9 Å². The number of anilines is 3. The molecule has 1 aliphatic rings. The molecule has 0 saturated heterocycles. The highest BCUT2D eigenvalue weighted by Crippen LogP contribution is 2.44. The third kappa shape index (κ3) is 6.97. The Labute approximate surface area is 293 Å². The number of nitrogens with zero attached hydrogens (tertiary/aromatic N) is 2.